The van der Waals surface area contributed by atoms with Crippen LogP contribution in [0.5, 0.6) is 5.75 Å². The highest BCUT2D eigenvalue weighted by atomic mass is 35.5. The highest BCUT2D eigenvalue weighted by Gasteiger charge is 2.09. The van der Waals surface area contributed by atoms with E-state index in [9.17, 15) is 4.79 Å². The lowest BCUT2D eigenvalue weighted by atomic mass is 10.1. The van der Waals surface area contributed by atoms with E-state index in [4.69, 9.17) is 22.1 Å². The molecule has 1 aromatic carbocycles. The van der Waals surface area contributed by atoms with Gasteiger partial charge in [-0.2, -0.15) is 0 Å². The smallest absolute Gasteiger partial charge is 0.160 e. The van der Waals surface area contributed by atoms with Gasteiger partial charge < -0.3 is 10.5 Å². The lowest BCUT2D eigenvalue weighted by molar-refractivity contribution is 0.101. The van der Waals surface area contributed by atoms with E-state index in [1.165, 1.54) is 20.1 Å². The van der Waals surface area contributed by atoms with E-state index >= 15 is 0 Å². The van der Waals surface area contributed by atoms with Gasteiger partial charge in [0.05, 0.1) is 12.8 Å². The minimum atomic E-state index is -0.0679. The summed E-state index contributed by atoms with van der Waals surface area (Å²) in [6.45, 7) is 1.46. The lowest BCUT2D eigenvalue weighted by Crippen LogP contribution is -1.98. The number of halogens is 1. The van der Waals surface area contributed by atoms with E-state index in [2.05, 4.69) is 0 Å². The number of methoxy groups -OCH3 is 1. The summed E-state index contributed by atoms with van der Waals surface area (Å²) in [6, 6.07) is 3.11. The summed E-state index contributed by atoms with van der Waals surface area (Å²) in [7, 11) is 1.48. The van der Waals surface area contributed by atoms with Crippen LogP contribution >= 0.6 is 11.6 Å². The van der Waals surface area contributed by atoms with Crippen molar-refractivity contribution in [2.75, 3.05) is 12.8 Å². The van der Waals surface area contributed by atoms with Crippen molar-refractivity contribution < 1.29 is 9.53 Å². The first-order valence-electron chi connectivity index (χ1n) is 3.70. The van der Waals surface area contributed by atoms with Gasteiger partial charge in [-0.15, -0.1) is 0 Å². The fourth-order valence-corrected chi connectivity index (χ4v) is 1.16. The number of hydrogen-bond acceptors (Lipinski definition) is 3. The van der Waals surface area contributed by atoms with Crippen molar-refractivity contribution in [2.45, 2.75) is 6.92 Å². The maximum absolute atomic E-state index is 11.0. The number of nitrogens with two attached hydrogens (primary N) is 1. The Labute approximate surface area is 81.4 Å². The molecule has 0 aromatic heterocycles. The molecule has 0 saturated carbocycles. The number of benzene rings is 1. The van der Waals surface area contributed by atoms with Crippen molar-refractivity contribution in [3.63, 3.8) is 0 Å². The van der Waals surface area contributed by atoms with Crippen LogP contribution in [0.2, 0.25) is 5.02 Å². The van der Waals surface area contributed by atoms with Crippen LogP contribution in [0.1, 0.15) is 17.3 Å². The number of rotatable bonds is 2. The predicted octanol–water partition coefficient (Wildman–Crippen LogP) is 2.13. The van der Waals surface area contributed by atoms with E-state index in [-0.39, 0.29) is 5.78 Å². The zero-order chi connectivity index (χ0) is 10.0. The summed E-state index contributed by atoms with van der Waals surface area (Å²) in [5.74, 6) is 0.355. The first kappa shape index (κ1) is 9.86. The minimum absolute atomic E-state index is 0.0679. The molecule has 0 unspecified atom stereocenters. The molecule has 0 saturated heterocycles. The molecule has 1 aromatic rings. The van der Waals surface area contributed by atoms with Crippen molar-refractivity contribution in [2.24, 2.45) is 0 Å². The number of carbonyl (C=O) groups is 1. The molecule has 1 rings (SSSR count). The van der Waals surface area contributed by atoms with Gasteiger partial charge >= 0.3 is 0 Å². The first-order chi connectivity index (χ1) is 6.06. The number of carbonyl (C=O) groups excluding carboxylic acids is 1. The number of Topliss-reactive ketones (excluding diaryl/α,β-unsaturated/α-hetero) is 1. The van der Waals surface area contributed by atoms with E-state index < -0.39 is 0 Å². The Morgan fingerprint density at radius 1 is 1.54 bits per heavy atom. The van der Waals surface area contributed by atoms with Crippen LogP contribution in [0.3, 0.4) is 0 Å². The highest BCUT2D eigenvalue weighted by molar-refractivity contribution is 6.34. The number of anilines is 1. The van der Waals surface area contributed by atoms with E-state index in [1.807, 2.05) is 0 Å². The summed E-state index contributed by atoms with van der Waals surface area (Å²) >= 11 is 5.81. The van der Waals surface area contributed by atoms with Gasteiger partial charge in [-0.05, 0) is 19.1 Å². The summed E-state index contributed by atoms with van der Waals surface area (Å²) in [4.78, 5) is 11.0. The average Bonchev–Trinajstić information content (AvgIpc) is 2.09. The molecule has 4 heteroatoms. The predicted molar refractivity (Wildman–Crippen MR) is 52.4 cm³/mol. The van der Waals surface area contributed by atoms with Crippen LogP contribution < -0.4 is 10.5 Å². The number of hydrogen-bond donors (Lipinski definition) is 1. The zero-order valence-corrected chi connectivity index (χ0v) is 8.18. The van der Waals surface area contributed by atoms with Gasteiger partial charge in [-0.25, -0.2) is 0 Å². The second-order valence-electron chi connectivity index (χ2n) is 2.64. The molecule has 0 fully saturated rings. The molecule has 0 aliphatic carbocycles. The number of ketones is 1. The maximum Gasteiger partial charge on any atom is 0.160 e. The standard InChI is InChI=1S/C9H10ClNO2/c1-5(12)6-3-7(11)9(10)8(4-6)13-2/h3-4H,11H2,1-2H3. The van der Waals surface area contributed by atoms with Crippen molar-refractivity contribution >= 4 is 23.1 Å². The van der Waals surface area contributed by atoms with Gasteiger partial charge in [-0.1, -0.05) is 11.6 Å². The molecule has 0 aliphatic rings. The van der Waals surface area contributed by atoms with Crippen molar-refractivity contribution in [3.05, 3.63) is 22.7 Å². The van der Waals surface area contributed by atoms with Crippen molar-refractivity contribution in [1.82, 2.24) is 0 Å². The van der Waals surface area contributed by atoms with Crippen LogP contribution in [-0.4, -0.2) is 12.9 Å². The van der Waals surface area contributed by atoms with Gasteiger partial charge in [0.2, 0.25) is 0 Å². The molecule has 0 radical (unpaired) electrons. The van der Waals surface area contributed by atoms with Crippen LogP contribution in [0.25, 0.3) is 0 Å². The molecule has 2 N–H and O–H groups in total. The molecule has 0 spiro atoms. The van der Waals surface area contributed by atoms with Crippen LogP contribution in [-0.2, 0) is 0 Å². The Morgan fingerprint density at radius 3 is 2.62 bits per heavy atom. The number of nitrogen functional groups attached to an aromatic ring is 1. The van der Waals surface area contributed by atoms with E-state index in [0.717, 1.165) is 0 Å². The first-order valence-corrected chi connectivity index (χ1v) is 4.08. The Bertz CT molecular complexity index is 350. The summed E-state index contributed by atoms with van der Waals surface area (Å²) in [6.07, 6.45) is 0. The van der Waals surface area contributed by atoms with Gasteiger partial charge in [0.15, 0.2) is 5.78 Å². The number of ether oxygens (including phenoxy) is 1. The average molecular weight is 200 g/mol. The summed E-state index contributed by atoms with van der Waals surface area (Å²) in [5.41, 5.74) is 6.42. The second kappa shape index (κ2) is 3.66. The minimum Gasteiger partial charge on any atom is -0.495 e. The molecule has 13 heavy (non-hydrogen) atoms. The Balaban J connectivity index is 3.30. The molecule has 3 nitrogen and oxygen atoms in total. The lowest BCUT2D eigenvalue weighted by Gasteiger charge is -2.07. The Morgan fingerprint density at radius 2 is 2.15 bits per heavy atom. The van der Waals surface area contributed by atoms with Crippen molar-refractivity contribution in [1.29, 1.82) is 0 Å². The van der Waals surface area contributed by atoms with Crippen LogP contribution in [0, 0.1) is 0 Å². The van der Waals surface area contributed by atoms with Gasteiger partial charge in [0.1, 0.15) is 10.8 Å². The third-order valence-corrected chi connectivity index (χ3v) is 2.10. The fourth-order valence-electron chi connectivity index (χ4n) is 0.971. The molecule has 0 heterocycles. The van der Waals surface area contributed by atoms with Crippen molar-refractivity contribution in [3.8, 4) is 5.75 Å². The third kappa shape index (κ3) is 1.92. The second-order valence-corrected chi connectivity index (χ2v) is 3.02. The quantitative estimate of drug-likeness (QED) is 0.587. The summed E-state index contributed by atoms with van der Waals surface area (Å²) in [5, 5.41) is 0.340. The zero-order valence-electron chi connectivity index (χ0n) is 7.43. The normalized spacial score (nSPS) is 9.77. The van der Waals surface area contributed by atoms with Gasteiger partial charge in [-0.3, -0.25) is 4.79 Å². The monoisotopic (exact) mass is 199 g/mol. The Hall–Kier alpha value is -1.22. The molecule has 0 bridgehead atoms. The SMILES string of the molecule is COc1cc(C(C)=O)cc(N)c1Cl. The molecular formula is C9H10ClNO2. The van der Waals surface area contributed by atoms with Crippen LogP contribution in [0.15, 0.2) is 12.1 Å². The Kier molecular flexibility index (Phi) is 2.78. The molecule has 0 aliphatic heterocycles. The van der Waals surface area contributed by atoms with E-state index in [1.54, 1.807) is 6.07 Å². The molecule has 0 atom stereocenters. The topological polar surface area (TPSA) is 52.3 Å². The third-order valence-electron chi connectivity index (χ3n) is 1.69. The maximum atomic E-state index is 11.0. The molecule has 70 valence electrons. The van der Waals surface area contributed by atoms with Gasteiger partial charge in [0.25, 0.3) is 0 Å². The highest BCUT2D eigenvalue weighted by Crippen LogP contribution is 2.31. The van der Waals surface area contributed by atoms with E-state index in [0.29, 0.717) is 22.0 Å². The largest absolute Gasteiger partial charge is 0.495 e. The fraction of sp³-hybridized carbons (Fsp3) is 0.222. The summed E-state index contributed by atoms with van der Waals surface area (Å²) < 4.78 is 4.95. The van der Waals surface area contributed by atoms with Gasteiger partial charge in [0, 0.05) is 5.56 Å². The molecular weight excluding hydrogens is 190 g/mol. The van der Waals surface area contributed by atoms with Crippen LogP contribution in [0.4, 0.5) is 5.69 Å². The molecule has 0 amide bonds.